The molecule has 8 nitrogen and oxygen atoms in total. The normalized spacial score (nSPS) is 10.2. The van der Waals surface area contributed by atoms with Crippen LogP contribution in [0, 0.1) is 6.92 Å². The van der Waals surface area contributed by atoms with Crippen LogP contribution in [0.5, 0.6) is 0 Å². The molecule has 3 N–H and O–H groups in total. The summed E-state index contributed by atoms with van der Waals surface area (Å²) in [5.41, 5.74) is 0.265. The van der Waals surface area contributed by atoms with E-state index >= 15 is 0 Å². The summed E-state index contributed by atoms with van der Waals surface area (Å²) in [5.74, 6) is 0.0342. The third-order valence-corrected chi connectivity index (χ3v) is 1.98. The van der Waals surface area contributed by atoms with Gasteiger partial charge in [0.1, 0.15) is 0 Å². The van der Waals surface area contributed by atoms with E-state index < -0.39 is 11.2 Å². The third-order valence-electron chi connectivity index (χ3n) is 1.98. The molecule has 2 aromatic heterocycles. The second-order valence-electron chi connectivity index (χ2n) is 3.36. The highest BCUT2D eigenvalue weighted by atomic mass is 16.2. The van der Waals surface area contributed by atoms with Crippen molar-refractivity contribution in [2.75, 3.05) is 5.32 Å². The molecule has 0 radical (unpaired) electrons. The number of H-pyrrole nitrogens is 2. The fourth-order valence-corrected chi connectivity index (χ4v) is 1.15. The van der Waals surface area contributed by atoms with E-state index in [-0.39, 0.29) is 5.82 Å². The molecule has 0 atom stereocenters. The summed E-state index contributed by atoms with van der Waals surface area (Å²) < 4.78 is 0. The molecule has 0 saturated heterocycles. The lowest BCUT2D eigenvalue weighted by molar-refractivity contribution is 0.875. The molecule has 0 spiro atoms. The van der Waals surface area contributed by atoms with Gasteiger partial charge in [-0.2, -0.15) is 0 Å². The number of anilines is 1. The Labute approximate surface area is 95.2 Å². The van der Waals surface area contributed by atoms with Crippen LogP contribution in [0.4, 0.5) is 5.82 Å². The van der Waals surface area contributed by atoms with Gasteiger partial charge < -0.3 is 5.32 Å². The quantitative estimate of drug-likeness (QED) is 0.638. The molecule has 2 rings (SSSR count). The van der Waals surface area contributed by atoms with Gasteiger partial charge in [-0.15, -0.1) is 5.10 Å². The minimum absolute atomic E-state index is 0.0342. The lowest BCUT2D eigenvalue weighted by Gasteiger charge is -2.02. The Balaban J connectivity index is 2.10. The topological polar surface area (TPSA) is 116 Å². The molecule has 0 aliphatic rings. The third kappa shape index (κ3) is 2.74. The zero-order chi connectivity index (χ0) is 12.3. The first-order chi connectivity index (χ1) is 8.15. The van der Waals surface area contributed by atoms with Crippen molar-refractivity contribution in [1.29, 1.82) is 0 Å². The minimum atomic E-state index is -0.643. The van der Waals surface area contributed by atoms with Gasteiger partial charge in [-0.05, 0) is 6.92 Å². The Morgan fingerprint density at radius 1 is 1.29 bits per heavy atom. The molecule has 2 aromatic rings. The average molecular weight is 234 g/mol. The minimum Gasteiger partial charge on any atom is -0.358 e. The van der Waals surface area contributed by atoms with Crippen molar-refractivity contribution in [2.24, 2.45) is 0 Å². The van der Waals surface area contributed by atoms with E-state index in [1.165, 1.54) is 0 Å². The highest BCUT2D eigenvalue weighted by Crippen LogP contribution is 1.96. The van der Waals surface area contributed by atoms with Crippen LogP contribution in [0.3, 0.4) is 0 Å². The first-order valence-corrected chi connectivity index (χ1v) is 4.85. The predicted molar refractivity (Wildman–Crippen MR) is 59.6 cm³/mol. The fraction of sp³-hybridized carbons (Fsp3) is 0.222. The van der Waals surface area contributed by atoms with Crippen molar-refractivity contribution in [3.05, 3.63) is 44.6 Å². The maximum Gasteiger partial charge on any atom is 0.342 e. The number of aromatic nitrogens is 5. The molecule has 0 saturated carbocycles. The van der Waals surface area contributed by atoms with Crippen molar-refractivity contribution in [1.82, 2.24) is 25.1 Å². The first-order valence-electron chi connectivity index (χ1n) is 4.85. The molecule has 8 heteroatoms. The lowest BCUT2D eigenvalue weighted by atomic mass is 10.4. The number of rotatable bonds is 3. The maximum absolute atomic E-state index is 11.3. The second-order valence-corrected chi connectivity index (χ2v) is 3.36. The smallest absolute Gasteiger partial charge is 0.342 e. The average Bonchev–Trinajstić information content (AvgIpc) is 2.30. The zero-order valence-electron chi connectivity index (χ0n) is 9.02. The van der Waals surface area contributed by atoms with Crippen molar-refractivity contribution in [3.63, 3.8) is 0 Å². The van der Waals surface area contributed by atoms with E-state index in [2.05, 4.69) is 30.5 Å². The number of aromatic amines is 2. The summed E-state index contributed by atoms with van der Waals surface area (Å²) >= 11 is 0. The van der Waals surface area contributed by atoms with Crippen LogP contribution >= 0.6 is 0 Å². The zero-order valence-corrected chi connectivity index (χ0v) is 9.02. The Morgan fingerprint density at radius 3 is 2.76 bits per heavy atom. The lowest BCUT2D eigenvalue weighted by Crippen LogP contribution is -2.26. The van der Waals surface area contributed by atoms with Crippen LogP contribution in [0.1, 0.15) is 11.4 Å². The van der Waals surface area contributed by atoms with Crippen LogP contribution in [-0.2, 0) is 6.54 Å². The monoisotopic (exact) mass is 234 g/mol. The number of aryl methyl sites for hydroxylation is 1. The van der Waals surface area contributed by atoms with Crippen LogP contribution in [0.2, 0.25) is 0 Å². The predicted octanol–water partition coefficient (Wildman–Crippen LogP) is -0.831. The highest BCUT2D eigenvalue weighted by Gasteiger charge is 2.02. The van der Waals surface area contributed by atoms with E-state index in [1.54, 1.807) is 12.4 Å². The van der Waals surface area contributed by atoms with Crippen LogP contribution in [-0.4, -0.2) is 25.1 Å². The molecule has 17 heavy (non-hydrogen) atoms. The number of nitrogens with zero attached hydrogens (tertiary/aromatic N) is 3. The Hall–Kier alpha value is -2.51. The van der Waals surface area contributed by atoms with Crippen molar-refractivity contribution < 1.29 is 0 Å². The van der Waals surface area contributed by atoms with E-state index in [0.29, 0.717) is 12.2 Å². The Bertz CT molecular complexity index is 614. The van der Waals surface area contributed by atoms with Gasteiger partial charge in [0, 0.05) is 6.20 Å². The molecule has 0 aliphatic heterocycles. The molecular weight excluding hydrogens is 224 g/mol. The summed E-state index contributed by atoms with van der Waals surface area (Å²) in [6, 6.07) is 0. The molecule has 0 aliphatic carbocycles. The molecule has 88 valence electrons. The summed E-state index contributed by atoms with van der Waals surface area (Å²) in [7, 11) is 0. The number of nitrogens with one attached hydrogen (secondary N) is 3. The van der Waals surface area contributed by atoms with Gasteiger partial charge in [0.25, 0.3) is 5.56 Å². The van der Waals surface area contributed by atoms with Gasteiger partial charge in [-0.1, -0.05) is 0 Å². The molecule has 0 unspecified atom stereocenters. The van der Waals surface area contributed by atoms with Crippen LogP contribution < -0.4 is 16.6 Å². The van der Waals surface area contributed by atoms with Gasteiger partial charge in [-0.3, -0.25) is 19.7 Å². The number of hydrogen-bond donors (Lipinski definition) is 3. The van der Waals surface area contributed by atoms with E-state index in [9.17, 15) is 9.59 Å². The summed E-state index contributed by atoms with van der Waals surface area (Å²) in [4.78, 5) is 32.2. The summed E-state index contributed by atoms with van der Waals surface area (Å²) in [6.45, 7) is 2.13. The standard InChI is InChI=1S/C9H10N6O2/c1-5-2-11-6(3-10-5)4-12-7-8(16)13-9(17)15-14-7/h2-3H,4H2,1H3,(H,12,14)(H2,13,15,16,17). The van der Waals surface area contributed by atoms with Gasteiger partial charge in [-0.25, -0.2) is 9.89 Å². The van der Waals surface area contributed by atoms with E-state index in [1.807, 2.05) is 6.92 Å². The largest absolute Gasteiger partial charge is 0.358 e. The van der Waals surface area contributed by atoms with Crippen molar-refractivity contribution >= 4 is 5.82 Å². The molecular formula is C9H10N6O2. The Morgan fingerprint density at radius 2 is 2.12 bits per heavy atom. The first kappa shape index (κ1) is 11.0. The summed E-state index contributed by atoms with van der Waals surface area (Å²) in [5, 5.41) is 8.44. The second kappa shape index (κ2) is 4.56. The van der Waals surface area contributed by atoms with E-state index in [4.69, 9.17) is 0 Å². The van der Waals surface area contributed by atoms with Crippen molar-refractivity contribution in [2.45, 2.75) is 13.5 Å². The van der Waals surface area contributed by atoms with Crippen LogP contribution in [0.15, 0.2) is 22.0 Å². The Kier molecular flexibility index (Phi) is 2.95. The van der Waals surface area contributed by atoms with Gasteiger partial charge in [0.2, 0.25) is 5.82 Å². The van der Waals surface area contributed by atoms with Gasteiger partial charge in [0.15, 0.2) is 0 Å². The van der Waals surface area contributed by atoms with E-state index in [0.717, 1.165) is 5.69 Å². The molecule has 0 aromatic carbocycles. The SMILES string of the molecule is Cc1cnc(CNc2n[nH]c(=O)[nH]c2=O)cn1. The fourth-order valence-electron chi connectivity index (χ4n) is 1.15. The maximum atomic E-state index is 11.3. The highest BCUT2D eigenvalue weighted by molar-refractivity contribution is 5.29. The molecule has 0 amide bonds. The molecule has 2 heterocycles. The molecule has 0 bridgehead atoms. The van der Waals surface area contributed by atoms with Crippen LogP contribution in [0.25, 0.3) is 0 Å². The molecule has 0 fully saturated rings. The number of hydrogen-bond acceptors (Lipinski definition) is 6. The van der Waals surface area contributed by atoms with Gasteiger partial charge >= 0.3 is 5.69 Å². The van der Waals surface area contributed by atoms with Gasteiger partial charge in [0.05, 0.1) is 24.1 Å². The van der Waals surface area contributed by atoms with Crippen molar-refractivity contribution in [3.8, 4) is 0 Å². The summed E-state index contributed by atoms with van der Waals surface area (Å²) in [6.07, 6.45) is 3.23.